The smallest absolute Gasteiger partial charge is 0.239 e. The van der Waals surface area contributed by atoms with Crippen molar-refractivity contribution in [3.8, 4) is 0 Å². The lowest BCUT2D eigenvalue weighted by atomic mass is 9.85. The van der Waals surface area contributed by atoms with Gasteiger partial charge >= 0.3 is 0 Å². The molecule has 3 atom stereocenters. The highest BCUT2D eigenvalue weighted by atomic mass is 16.5. The van der Waals surface area contributed by atoms with Gasteiger partial charge in [-0.05, 0) is 25.3 Å². The van der Waals surface area contributed by atoms with Crippen LogP contribution in [0.5, 0.6) is 0 Å². The molecule has 1 N–H and O–H groups in total. The predicted octanol–water partition coefficient (Wildman–Crippen LogP) is 1.39. The molecule has 6 nitrogen and oxygen atoms in total. The maximum atomic E-state index is 12.3. The highest BCUT2D eigenvalue weighted by molar-refractivity contribution is 5.84. The fraction of sp³-hybridized carbons (Fsp3) is 0.579. The van der Waals surface area contributed by atoms with Crippen LogP contribution in [0.3, 0.4) is 0 Å². The minimum atomic E-state index is -0.162. The molecule has 0 heterocycles. The number of amides is 2. The molecular formula is C19H28N2O4. The molecule has 25 heavy (non-hydrogen) atoms. The summed E-state index contributed by atoms with van der Waals surface area (Å²) < 4.78 is 11.0. The zero-order valence-electron chi connectivity index (χ0n) is 15.2. The molecule has 1 aromatic rings. The second-order valence-electron chi connectivity index (χ2n) is 6.28. The second kappa shape index (κ2) is 9.53. The molecule has 2 rings (SSSR count). The van der Waals surface area contributed by atoms with Crippen LogP contribution in [0.15, 0.2) is 30.3 Å². The fourth-order valence-electron chi connectivity index (χ4n) is 3.10. The molecule has 0 saturated heterocycles. The van der Waals surface area contributed by atoms with E-state index < -0.39 is 0 Å². The molecule has 1 aliphatic carbocycles. The van der Waals surface area contributed by atoms with Crippen LogP contribution in [0, 0.1) is 0 Å². The van der Waals surface area contributed by atoms with Crippen molar-refractivity contribution in [2.24, 2.45) is 0 Å². The Hall–Kier alpha value is -1.92. The van der Waals surface area contributed by atoms with Gasteiger partial charge in [0, 0.05) is 27.2 Å². The van der Waals surface area contributed by atoms with Gasteiger partial charge in [-0.25, -0.2) is 0 Å². The van der Waals surface area contributed by atoms with E-state index in [9.17, 15) is 9.59 Å². The van der Waals surface area contributed by atoms with E-state index >= 15 is 0 Å². The molecule has 0 aromatic heterocycles. The third-order valence-electron chi connectivity index (χ3n) is 4.54. The van der Waals surface area contributed by atoms with Crippen molar-refractivity contribution < 1.29 is 19.1 Å². The number of benzene rings is 1. The molecule has 6 heteroatoms. The first-order valence-electron chi connectivity index (χ1n) is 8.78. The maximum Gasteiger partial charge on any atom is 0.239 e. The fourth-order valence-corrected chi connectivity index (χ4v) is 3.10. The first kappa shape index (κ1) is 19.4. The van der Waals surface area contributed by atoms with Gasteiger partial charge in [-0.2, -0.15) is 0 Å². The third kappa shape index (κ3) is 5.54. The Bertz CT molecular complexity index is 564. The summed E-state index contributed by atoms with van der Waals surface area (Å²) in [4.78, 5) is 25.7. The maximum absolute atomic E-state index is 12.3. The van der Waals surface area contributed by atoms with Crippen LogP contribution in [0.1, 0.15) is 25.8 Å². The molecule has 1 saturated carbocycles. The van der Waals surface area contributed by atoms with Gasteiger partial charge in [0.2, 0.25) is 11.8 Å². The Morgan fingerprint density at radius 1 is 1.28 bits per heavy atom. The van der Waals surface area contributed by atoms with Gasteiger partial charge in [0.25, 0.3) is 0 Å². The van der Waals surface area contributed by atoms with Crippen molar-refractivity contribution in [1.82, 2.24) is 10.2 Å². The van der Waals surface area contributed by atoms with Crippen LogP contribution < -0.4 is 5.32 Å². The number of hydrogen-bond donors (Lipinski definition) is 1. The molecular weight excluding hydrogens is 320 g/mol. The van der Waals surface area contributed by atoms with E-state index in [1.165, 1.54) is 6.92 Å². The topological polar surface area (TPSA) is 67.9 Å². The summed E-state index contributed by atoms with van der Waals surface area (Å²) in [5, 5.41) is 2.95. The molecule has 138 valence electrons. The van der Waals surface area contributed by atoms with Crippen LogP contribution in [0.2, 0.25) is 0 Å². The zero-order valence-corrected chi connectivity index (χ0v) is 15.2. The van der Waals surface area contributed by atoms with Crippen LogP contribution in [0.4, 0.5) is 0 Å². The van der Waals surface area contributed by atoms with Crippen molar-refractivity contribution in [1.29, 1.82) is 0 Å². The number of carbonyl (C=O) groups excluding carboxylic acids is 2. The van der Waals surface area contributed by atoms with E-state index in [4.69, 9.17) is 9.47 Å². The normalized spacial score (nSPS) is 22.1. The van der Waals surface area contributed by atoms with Crippen molar-refractivity contribution in [3.05, 3.63) is 35.9 Å². The summed E-state index contributed by atoms with van der Waals surface area (Å²) in [7, 11) is 1.62. The highest BCUT2D eigenvalue weighted by Gasteiger charge is 2.43. The average Bonchev–Trinajstić information content (AvgIpc) is 2.58. The van der Waals surface area contributed by atoms with Gasteiger partial charge in [0.05, 0.1) is 18.7 Å². The van der Waals surface area contributed by atoms with Gasteiger partial charge in [-0.3, -0.25) is 9.59 Å². The molecule has 1 aliphatic rings. The lowest BCUT2D eigenvalue weighted by Crippen LogP contribution is -2.62. The molecule has 1 fully saturated rings. The summed E-state index contributed by atoms with van der Waals surface area (Å²) in [6.07, 6.45) is 1.37. The van der Waals surface area contributed by atoms with E-state index in [0.29, 0.717) is 13.2 Å². The van der Waals surface area contributed by atoms with Crippen LogP contribution in [-0.2, 0) is 25.5 Å². The Morgan fingerprint density at radius 2 is 2.00 bits per heavy atom. The van der Waals surface area contributed by atoms with E-state index in [1.807, 2.05) is 37.3 Å². The molecule has 0 bridgehead atoms. The number of nitrogens with zero attached hydrogens (tertiary/aromatic N) is 1. The number of ether oxygens (including phenoxy) is 2. The van der Waals surface area contributed by atoms with Crippen molar-refractivity contribution in [2.75, 3.05) is 26.8 Å². The van der Waals surface area contributed by atoms with Gasteiger partial charge < -0.3 is 19.7 Å². The number of carbonyl (C=O) groups is 2. The first-order chi connectivity index (χ1) is 12.0. The van der Waals surface area contributed by atoms with Crippen LogP contribution >= 0.6 is 0 Å². The Labute approximate surface area is 149 Å². The minimum Gasteiger partial charge on any atom is -0.377 e. The Morgan fingerprint density at radius 3 is 2.60 bits per heavy atom. The monoisotopic (exact) mass is 348 g/mol. The van der Waals surface area contributed by atoms with Crippen molar-refractivity contribution in [3.63, 3.8) is 0 Å². The van der Waals surface area contributed by atoms with Gasteiger partial charge in [-0.1, -0.05) is 30.3 Å². The van der Waals surface area contributed by atoms with Gasteiger partial charge in [0.15, 0.2) is 0 Å². The average molecular weight is 348 g/mol. The molecule has 0 spiro atoms. The molecule has 0 radical (unpaired) electrons. The molecule has 2 amide bonds. The number of hydrogen-bond acceptors (Lipinski definition) is 4. The van der Waals surface area contributed by atoms with E-state index in [2.05, 4.69) is 5.32 Å². The number of nitrogens with one attached hydrogen (secondary N) is 1. The largest absolute Gasteiger partial charge is 0.377 e. The Kier molecular flexibility index (Phi) is 7.40. The van der Waals surface area contributed by atoms with E-state index in [0.717, 1.165) is 18.4 Å². The quantitative estimate of drug-likeness (QED) is 0.732. The Balaban J connectivity index is 1.81. The molecule has 1 aromatic carbocycles. The highest BCUT2D eigenvalue weighted by Crippen LogP contribution is 2.26. The summed E-state index contributed by atoms with van der Waals surface area (Å²) in [5.74, 6) is -0.263. The summed E-state index contributed by atoms with van der Waals surface area (Å²) in [6, 6.07) is 9.87. The lowest BCUT2D eigenvalue weighted by molar-refractivity contribution is -0.146. The van der Waals surface area contributed by atoms with E-state index in [1.54, 1.807) is 12.0 Å². The van der Waals surface area contributed by atoms with E-state index in [-0.39, 0.29) is 36.6 Å². The molecule has 3 unspecified atom stereocenters. The predicted molar refractivity (Wildman–Crippen MR) is 95.2 cm³/mol. The SMILES string of the molecule is CCOC1CC(NC(=O)CN(CCc2ccccc2)C(C)=O)C1OC. The van der Waals surface area contributed by atoms with Crippen LogP contribution in [0.25, 0.3) is 0 Å². The summed E-state index contributed by atoms with van der Waals surface area (Å²) in [5.41, 5.74) is 1.15. The van der Waals surface area contributed by atoms with Crippen molar-refractivity contribution in [2.45, 2.75) is 44.9 Å². The van der Waals surface area contributed by atoms with Crippen LogP contribution in [-0.4, -0.2) is 61.8 Å². The zero-order chi connectivity index (χ0) is 18.2. The van der Waals surface area contributed by atoms with Gasteiger partial charge in [0.1, 0.15) is 6.10 Å². The standard InChI is InChI=1S/C19H28N2O4/c1-4-25-17-12-16(19(17)24-3)20-18(23)13-21(14(2)22)11-10-15-8-6-5-7-9-15/h5-9,16-17,19H,4,10-13H2,1-3H3,(H,20,23). The van der Waals surface area contributed by atoms with Crippen molar-refractivity contribution >= 4 is 11.8 Å². The number of rotatable bonds is 9. The minimum absolute atomic E-state index is 0.0299. The van der Waals surface area contributed by atoms with Gasteiger partial charge in [-0.15, -0.1) is 0 Å². The summed E-state index contributed by atoms with van der Waals surface area (Å²) >= 11 is 0. The lowest BCUT2D eigenvalue weighted by Gasteiger charge is -2.43. The summed E-state index contributed by atoms with van der Waals surface area (Å²) in [6.45, 7) is 4.64. The third-order valence-corrected chi connectivity index (χ3v) is 4.54. The first-order valence-corrected chi connectivity index (χ1v) is 8.78. The second-order valence-corrected chi connectivity index (χ2v) is 6.28. The number of methoxy groups -OCH3 is 1. The molecule has 0 aliphatic heterocycles.